The van der Waals surface area contributed by atoms with Crippen molar-refractivity contribution in [3.63, 3.8) is 0 Å². The summed E-state index contributed by atoms with van der Waals surface area (Å²) in [5.41, 5.74) is 0. The fourth-order valence-corrected chi connectivity index (χ4v) is 0.904. The van der Waals surface area contributed by atoms with Crippen molar-refractivity contribution in [2.75, 3.05) is 6.61 Å². The van der Waals surface area contributed by atoms with E-state index < -0.39 is 0 Å². The fourth-order valence-electron chi connectivity index (χ4n) is 0.723. The SMILES string of the molecule is CC.CCOc1cccc(Cl)c1. The Labute approximate surface area is 79.3 Å². The molecule has 1 aromatic carbocycles. The van der Waals surface area contributed by atoms with E-state index in [1.165, 1.54) is 0 Å². The van der Waals surface area contributed by atoms with Crippen LogP contribution in [-0.4, -0.2) is 6.61 Å². The smallest absolute Gasteiger partial charge is 0.120 e. The van der Waals surface area contributed by atoms with Gasteiger partial charge in [0.05, 0.1) is 6.61 Å². The number of ether oxygens (including phenoxy) is 1. The Morgan fingerprint density at radius 1 is 1.33 bits per heavy atom. The Morgan fingerprint density at radius 3 is 2.50 bits per heavy atom. The molecule has 0 bridgehead atoms. The molecule has 0 aliphatic heterocycles. The maximum atomic E-state index is 5.70. The molecule has 1 nitrogen and oxygen atoms in total. The largest absolute Gasteiger partial charge is 0.494 e. The normalized spacial score (nSPS) is 8.33. The number of halogens is 1. The topological polar surface area (TPSA) is 9.23 Å². The van der Waals surface area contributed by atoms with Gasteiger partial charge in [0.1, 0.15) is 5.75 Å². The Balaban J connectivity index is 0.000000561. The van der Waals surface area contributed by atoms with E-state index in [9.17, 15) is 0 Å². The van der Waals surface area contributed by atoms with Crippen molar-refractivity contribution in [3.8, 4) is 5.75 Å². The zero-order valence-corrected chi connectivity index (χ0v) is 8.56. The van der Waals surface area contributed by atoms with Crippen molar-refractivity contribution in [2.24, 2.45) is 0 Å². The van der Waals surface area contributed by atoms with Crippen LogP contribution in [0.1, 0.15) is 20.8 Å². The van der Waals surface area contributed by atoms with Crippen LogP contribution in [0.25, 0.3) is 0 Å². The van der Waals surface area contributed by atoms with E-state index in [4.69, 9.17) is 16.3 Å². The summed E-state index contributed by atoms with van der Waals surface area (Å²) in [5, 5.41) is 0.714. The molecular formula is C10H15ClO. The van der Waals surface area contributed by atoms with E-state index in [1.54, 1.807) is 6.07 Å². The Hall–Kier alpha value is -0.690. The molecule has 0 spiro atoms. The summed E-state index contributed by atoms with van der Waals surface area (Å²) in [5.74, 6) is 0.829. The van der Waals surface area contributed by atoms with Crippen LogP contribution in [-0.2, 0) is 0 Å². The van der Waals surface area contributed by atoms with Gasteiger partial charge in [-0.15, -0.1) is 0 Å². The minimum atomic E-state index is 0.681. The van der Waals surface area contributed by atoms with Crippen LogP contribution in [0.5, 0.6) is 5.75 Å². The first-order chi connectivity index (χ1) is 5.83. The summed E-state index contributed by atoms with van der Waals surface area (Å²) in [6.45, 7) is 6.63. The lowest BCUT2D eigenvalue weighted by Gasteiger charge is -2.00. The van der Waals surface area contributed by atoms with Crippen LogP contribution in [0.15, 0.2) is 24.3 Å². The first kappa shape index (κ1) is 11.3. The van der Waals surface area contributed by atoms with E-state index in [0.717, 1.165) is 5.75 Å². The Kier molecular flexibility index (Phi) is 6.58. The summed E-state index contributed by atoms with van der Waals surface area (Å²) < 4.78 is 5.20. The highest BCUT2D eigenvalue weighted by Gasteiger charge is 1.90. The average molecular weight is 187 g/mol. The lowest BCUT2D eigenvalue weighted by molar-refractivity contribution is 0.340. The predicted octanol–water partition coefficient (Wildman–Crippen LogP) is 3.76. The molecule has 0 aliphatic rings. The molecule has 0 aromatic heterocycles. The zero-order chi connectivity index (χ0) is 9.40. The molecule has 0 radical (unpaired) electrons. The first-order valence-electron chi connectivity index (χ1n) is 4.21. The van der Waals surface area contributed by atoms with Gasteiger partial charge in [0.2, 0.25) is 0 Å². The van der Waals surface area contributed by atoms with Crippen LogP contribution in [0, 0.1) is 0 Å². The lowest BCUT2D eigenvalue weighted by Crippen LogP contribution is -1.89. The van der Waals surface area contributed by atoms with E-state index >= 15 is 0 Å². The third-order valence-electron chi connectivity index (χ3n) is 1.11. The van der Waals surface area contributed by atoms with Crippen LogP contribution in [0.4, 0.5) is 0 Å². The van der Waals surface area contributed by atoms with Crippen molar-refractivity contribution in [3.05, 3.63) is 29.3 Å². The van der Waals surface area contributed by atoms with Gasteiger partial charge >= 0.3 is 0 Å². The van der Waals surface area contributed by atoms with Crippen LogP contribution in [0.2, 0.25) is 5.02 Å². The number of benzene rings is 1. The molecule has 12 heavy (non-hydrogen) atoms. The maximum absolute atomic E-state index is 5.70. The van der Waals surface area contributed by atoms with Gasteiger partial charge in [-0.25, -0.2) is 0 Å². The second-order valence-corrected chi connectivity index (χ2v) is 2.33. The van der Waals surface area contributed by atoms with E-state index in [0.29, 0.717) is 11.6 Å². The number of hydrogen-bond donors (Lipinski definition) is 0. The summed E-state index contributed by atoms with van der Waals surface area (Å²) in [6, 6.07) is 7.37. The van der Waals surface area contributed by atoms with Gasteiger partial charge in [-0.3, -0.25) is 0 Å². The quantitative estimate of drug-likeness (QED) is 0.684. The van der Waals surface area contributed by atoms with E-state index in [2.05, 4.69) is 0 Å². The molecule has 0 aliphatic carbocycles. The van der Waals surface area contributed by atoms with Gasteiger partial charge in [-0.2, -0.15) is 0 Å². The van der Waals surface area contributed by atoms with Crippen molar-refractivity contribution >= 4 is 11.6 Å². The highest BCUT2D eigenvalue weighted by atomic mass is 35.5. The zero-order valence-electron chi connectivity index (χ0n) is 7.80. The molecule has 0 saturated carbocycles. The lowest BCUT2D eigenvalue weighted by atomic mass is 10.3. The van der Waals surface area contributed by atoms with E-state index in [1.807, 2.05) is 39.0 Å². The van der Waals surface area contributed by atoms with Gasteiger partial charge in [-0.1, -0.05) is 31.5 Å². The molecule has 1 rings (SSSR count). The minimum Gasteiger partial charge on any atom is -0.494 e. The molecule has 0 unspecified atom stereocenters. The number of rotatable bonds is 2. The van der Waals surface area contributed by atoms with Crippen molar-refractivity contribution in [2.45, 2.75) is 20.8 Å². The summed E-state index contributed by atoms with van der Waals surface area (Å²) in [6.07, 6.45) is 0. The minimum absolute atomic E-state index is 0.681. The second-order valence-electron chi connectivity index (χ2n) is 1.89. The molecular weight excluding hydrogens is 172 g/mol. The van der Waals surface area contributed by atoms with Gasteiger partial charge in [-0.05, 0) is 25.1 Å². The molecule has 0 amide bonds. The molecule has 0 fully saturated rings. The Bertz CT molecular complexity index is 211. The highest BCUT2D eigenvalue weighted by Crippen LogP contribution is 2.16. The van der Waals surface area contributed by atoms with Gasteiger partial charge in [0.25, 0.3) is 0 Å². The average Bonchev–Trinajstić information content (AvgIpc) is 2.09. The monoisotopic (exact) mass is 186 g/mol. The molecule has 0 atom stereocenters. The van der Waals surface area contributed by atoms with Crippen LogP contribution < -0.4 is 4.74 Å². The van der Waals surface area contributed by atoms with Gasteiger partial charge < -0.3 is 4.74 Å². The fraction of sp³-hybridized carbons (Fsp3) is 0.400. The van der Waals surface area contributed by atoms with Crippen LogP contribution >= 0.6 is 11.6 Å². The van der Waals surface area contributed by atoms with Gasteiger partial charge in [0.15, 0.2) is 0 Å². The first-order valence-corrected chi connectivity index (χ1v) is 4.59. The van der Waals surface area contributed by atoms with Crippen molar-refractivity contribution < 1.29 is 4.74 Å². The molecule has 2 heteroatoms. The summed E-state index contributed by atoms with van der Waals surface area (Å²) in [7, 11) is 0. The molecule has 0 heterocycles. The summed E-state index contributed by atoms with van der Waals surface area (Å²) >= 11 is 5.70. The van der Waals surface area contributed by atoms with Gasteiger partial charge in [0, 0.05) is 5.02 Å². The summed E-state index contributed by atoms with van der Waals surface area (Å²) in [4.78, 5) is 0. The number of hydrogen-bond acceptors (Lipinski definition) is 1. The maximum Gasteiger partial charge on any atom is 0.120 e. The highest BCUT2D eigenvalue weighted by molar-refractivity contribution is 6.30. The molecule has 0 N–H and O–H groups in total. The standard InChI is InChI=1S/C8H9ClO.C2H6/c1-2-10-8-5-3-4-7(9)6-8;1-2/h3-6H,2H2,1H3;1-2H3. The van der Waals surface area contributed by atoms with Crippen LogP contribution in [0.3, 0.4) is 0 Å². The Morgan fingerprint density at radius 2 is 2.00 bits per heavy atom. The van der Waals surface area contributed by atoms with Crippen molar-refractivity contribution in [1.29, 1.82) is 0 Å². The third kappa shape index (κ3) is 4.24. The van der Waals surface area contributed by atoms with Crippen molar-refractivity contribution in [1.82, 2.24) is 0 Å². The van der Waals surface area contributed by atoms with E-state index in [-0.39, 0.29) is 0 Å². The third-order valence-corrected chi connectivity index (χ3v) is 1.34. The predicted molar refractivity (Wildman–Crippen MR) is 54.0 cm³/mol. The molecule has 1 aromatic rings. The molecule has 68 valence electrons. The second kappa shape index (κ2) is 6.99. The molecule has 0 saturated heterocycles.